The van der Waals surface area contributed by atoms with E-state index in [-0.39, 0.29) is 0 Å². The molecule has 59 valence electrons. The molecule has 1 saturated carbocycles. The summed E-state index contributed by atoms with van der Waals surface area (Å²) >= 11 is 0. The van der Waals surface area contributed by atoms with Gasteiger partial charge in [0.1, 0.15) is 0 Å². The van der Waals surface area contributed by atoms with Crippen LogP contribution in [0.4, 0.5) is 0 Å². The van der Waals surface area contributed by atoms with E-state index in [9.17, 15) is 0 Å². The summed E-state index contributed by atoms with van der Waals surface area (Å²) < 4.78 is 0. The predicted molar refractivity (Wildman–Crippen MR) is 45.7 cm³/mol. The van der Waals surface area contributed by atoms with Crippen LogP contribution in [0, 0.1) is 17.3 Å². The second kappa shape index (κ2) is 2.56. The van der Waals surface area contributed by atoms with Gasteiger partial charge in [-0.3, -0.25) is 0 Å². The third kappa shape index (κ3) is 2.00. The average molecular weight is 139 g/mol. The molecular weight excluding hydrogens is 120 g/mol. The molecule has 1 unspecified atom stereocenters. The van der Waals surface area contributed by atoms with E-state index >= 15 is 0 Å². The molecule has 0 aliphatic heterocycles. The fourth-order valence-electron chi connectivity index (χ4n) is 2.57. The van der Waals surface area contributed by atoms with Crippen LogP contribution in [-0.2, 0) is 0 Å². The van der Waals surface area contributed by atoms with Crippen molar-refractivity contribution in [2.24, 2.45) is 11.3 Å². The molecule has 0 aromatic rings. The van der Waals surface area contributed by atoms with Crippen molar-refractivity contribution in [2.75, 3.05) is 0 Å². The molecule has 1 radical (unpaired) electrons. The van der Waals surface area contributed by atoms with Crippen LogP contribution in [0.15, 0.2) is 0 Å². The molecule has 0 spiro atoms. The molecule has 0 heteroatoms. The molecule has 1 aliphatic rings. The fourth-order valence-corrected chi connectivity index (χ4v) is 2.57. The predicted octanol–water partition coefficient (Wildman–Crippen LogP) is 3.43. The van der Waals surface area contributed by atoms with Crippen molar-refractivity contribution in [3.8, 4) is 0 Å². The lowest BCUT2D eigenvalue weighted by Crippen LogP contribution is -2.24. The minimum absolute atomic E-state index is 0.585. The zero-order chi connectivity index (χ0) is 7.78. The average Bonchev–Trinajstić information content (AvgIpc) is 1.54. The molecule has 0 nitrogen and oxygen atoms in total. The summed E-state index contributed by atoms with van der Waals surface area (Å²) in [5.41, 5.74) is 0.585. The molecule has 1 atom stereocenters. The summed E-state index contributed by atoms with van der Waals surface area (Å²) in [5, 5.41) is 0. The smallest absolute Gasteiger partial charge is 0.0264 e. The minimum atomic E-state index is 0.585. The Hall–Kier alpha value is 0. The summed E-state index contributed by atoms with van der Waals surface area (Å²) in [6, 6.07) is 0. The standard InChI is InChI=1S/C10H19/c1-8-5-9(2)7-10(3,4)6-8/h8H,5-7H2,1-4H3. The van der Waals surface area contributed by atoms with Crippen LogP contribution >= 0.6 is 0 Å². The van der Waals surface area contributed by atoms with E-state index in [2.05, 4.69) is 27.7 Å². The summed E-state index contributed by atoms with van der Waals surface area (Å²) in [6.07, 6.45) is 4.12. The lowest BCUT2D eigenvalue weighted by atomic mass is 9.69. The molecule has 0 heterocycles. The van der Waals surface area contributed by atoms with Gasteiger partial charge < -0.3 is 0 Å². The maximum Gasteiger partial charge on any atom is -0.0264 e. The normalized spacial score (nSPS) is 34.2. The molecule has 0 amide bonds. The SMILES string of the molecule is C[C]1CC(C)CC(C)(C)C1. The van der Waals surface area contributed by atoms with E-state index in [0.717, 1.165) is 5.92 Å². The quantitative estimate of drug-likeness (QED) is 0.482. The monoisotopic (exact) mass is 139 g/mol. The fraction of sp³-hybridized carbons (Fsp3) is 0.900. The van der Waals surface area contributed by atoms with Crippen molar-refractivity contribution in [3.63, 3.8) is 0 Å². The number of hydrogen-bond acceptors (Lipinski definition) is 0. The second-order valence-electron chi connectivity index (χ2n) is 4.81. The molecule has 10 heavy (non-hydrogen) atoms. The summed E-state index contributed by atoms with van der Waals surface area (Å²) in [6.45, 7) is 9.43. The van der Waals surface area contributed by atoms with E-state index in [0.29, 0.717) is 5.41 Å². The molecule has 0 bridgehead atoms. The van der Waals surface area contributed by atoms with Gasteiger partial charge in [-0.2, -0.15) is 0 Å². The first kappa shape index (κ1) is 8.10. The third-order valence-corrected chi connectivity index (χ3v) is 2.38. The Labute approximate surface area is 65.0 Å². The first-order chi connectivity index (χ1) is 4.49. The van der Waals surface area contributed by atoms with Gasteiger partial charge in [0.15, 0.2) is 0 Å². The highest BCUT2D eigenvalue weighted by atomic mass is 14.3. The van der Waals surface area contributed by atoms with E-state index in [4.69, 9.17) is 0 Å². The van der Waals surface area contributed by atoms with Crippen molar-refractivity contribution in [1.82, 2.24) is 0 Å². The Bertz CT molecular complexity index is 101. The summed E-state index contributed by atoms with van der Waals surface area (Å²) in [5.74, 6) is 2.62. The Morgan fingerprint density at radius 3 is 2.40 bits per heavy atom. The van der Waals surface area contributed by atoms with Crippen molar-refractivity contribution in [2.45, 2.75) is 47.0 Å². The molecular formula is C10H19. The Morgan fingerprint density at radius 2 is 2.00 bits per heavy atom. The third-order valence-electron chi connectivity index (χ3n) is 2.38. The number of rotatable bonds is 0. The van der Waals surface area contributed by atoms with Crippen LogP contribution in [0.25, 0.3) is 0 Å². The molecule has 1 rings (SSSR count). The van der Waals surface area contributed by atoms with Gasteiger partial charge in [0.05, 0.1) is 0 Å². The van der Waals surface area contributed by atoms with Gasteiger partial charge in [0.2, 0.25) is 0 Å². The highest BCUT2D eigenvalue weighted by Crippen LogP contribution is 2.42. The second-order valence-corrected chi connectivity index (χ2v) is 4.81. The van der Waals surface area contributed by atoms with Gasteiger partial charge in [-0.1, -0.05) is 27.7 Å². The van der Waals surface area contributed by atoms with Crippen LogP contribution < -0.4 is 0 Å². The van der Waals surface area contributed by atoms with Crippen LogP contribution in [0.5, 0.6) is 0 Å². The van der Waals surface area contributed by atoms with Gasteiger partial charge in [0, 0.05) is 0 Å². The van der Waals surface area contributed by atoms with Gasteiger partial charge in [-0.15, -0.1) is 0 Å². The molecule has 0 saturated heterocycles. The first-order valence-electron chi connectivity index (χ1n) is 4.31. The highest BCUT2D eigenvalue weighted by Gasteiger charge is 2.29. The van der Waals surface area contributed by atoms with Crippen molar-refractivity contribution >= 4 is 0 Å². The topological polar surface area (TPSA) is 0 Å². The maximum atomic E-state index is 2.38. The van der Waals surface area contributed by atoms with Gasteiger partial charge in [0.25, 0.3) is 0 Å². The molecule has 1 aliphatic carbocycles. The Balaban J connectivity index is 2.51. The molecule has 0 aromatic carbocycles. The van der Waals surface area contributed by atoms with E-state index in [1.165, 1.54) is 19.3 Å². The summed E-state index contributed by atoms with van der Waals surface area (Å²) in [4.78, 5) is 0. The van der Waals surface area contributed by atoms with Crippen LogP contribution in [0.2, 0.25) is 0 Å². The minimum Gasteiger partial charge on any atom is -0.0625 e. The number of hydrogen-bond donors (Lipinski definition) is 0. The Morgan fingerprint density at radius 1 is 1.40 bits per heavy atom. The van der Waals surface area contributed by atoms with E-state index < -0.39 is 0 Å². The van der Waals surface area contributed by atoms with Gasteiger partial charge in [-0.05, 0) is 36.5 Å². The highest BCUT2D eigenvalue weighted by molar-refractivity contribution is 4.97. The van der Waals surface area contributed by atoms with Crippen molar-refractivity contribution < 1.29 is 0 Å². The van der Waals surface area contributed by atoms with Crippen molar-refractivity contribution in [1.29, 1.82) is 0 Å². The lowest BCUT2D eigenvalue weighted by molar-refractivity contribution is 0.211. The molecule has 1 fully saturated rings. The van der Waals surface area contributed by atoms with E-state index in [1.807, 2.05) is 0 Å². The zero-order valence-electron chi connectivity index (χ0n) is 7.70. The van der Waals surface area contributed by atoms with Gasteiger partial charge >= 0.3 is 0 Å². The van der Waals surface area contributed by atoms with E-state index in [1.54, 1.807) is 5.92 Å². The van der Waals surface area contributed by atoms with Crippen molar-refractivity contribution in [3.05, 3.63) is 5.92 Å². The lowest BCUT2D eigenvalue weighted by Gasteiger charge is -2.37. The Kier molecular flexibility index (Phi) is 2.07. The van der Waals surface area contributed by atoms with Crippen LogP contribution in [-0.4, -0.2) is 0 Å². The first-order valence-corrected chi connectivity index (χ1v) is 4.31. The molecule has 0 N–H and O–H groups in total. The van der Waals surface area contributed by atoms with Gasteiger partial charge in [-0.25, -0.2) is 0 Å². The molecule has 0 aromatic heterocycles. The maximum absolute atomic E-state index is 2.38. The zero-order valence-corrected chi connectivity index (χ0v) is 7.70. The summed E-state index contributed by atoms with van der Waals surface area (Å²) in [7, 11) is 0. The van der Waals surface area contributed by atoms with Crippen LogP contribution in [0.1, 0.15) is 47.0 Å². The van der Waals surface area contributed by atoms with Crippen LogP contribution in [0.3, 0.4) is 0 Å². The largest absolute Gasteiger partial charge is 0.0625 e.